The highest BCUT2D eigenvalue weighted by Gasteiger charge is 2.27. The van der Waals surface area contributed by atoms with Gasteiger partial charge in [0, 0.05) is 12.8 Å². The van der Waals surface area contributed by atoms with Crippen LogP contribution >= 0.6 is 7.82 Å². The number of phosphoric ester groups is 1. The van der Waals surface area contributed by atoms with Crippen molar-refractivity contribution >= 4 is 19.7 Å². The predicted molar refractivity (Wildman–Crippen MR) is 279 cm³/mol. The molecule has 3 atom stereocenters. The molecule has 9 nitrogen and oxygen atoms in total. The summed E-state index contributed by atoms with van der Waals surface area (Å²) in [7, 11) is 1.17. The average Bonchev–Trinajstić information content (AvgIpc) is 3.27. The van der Waals surface area contributed by atoms with Crippen molar-refractivity contribution in [3.8, 4) is 0 Å². The fourth-order valence-electron chi connectivity index (χ4n) is 7.65. The van der Waals surface area contributed by atoms with E-state index >= 15 is 0 Å². The van der Waals surface area contributed by atoms with E-state index in [1.807, 2.05) is 33.3 Å². The second-order valence-electron chi connectivity index (χ2n) is 19.7. The first-order valence-electron chi connectivity index (χ1n) is 27.4. The lowest BCUT2D eigenvalue weighted by atomic mass is 10.0. The average molecular weight is 949 g/mol. The summed E-state index contributed by atoms with van der Waals surface area (Å²) in [5.41, 5.74) is 0. The molecule has 0 saturated heterocycles. The van der Waals surface area contributed by atoms with Gasteiger partial charge in [0.1, 0.15) is 19.3 Å². The number of hydrogen-bond acceptors (Lipinski definition) is 7. The summed E-state index contributed by atoms with van der Waals surface area (Å²) in [4.78, 5) is 39.7. The molecule has 0 aromatic carbocycles. The van der Waals surface area contributed by atoms with Crippen LogP contribution in [0.2, 0.25) is 0 Å². The van der Waals surface area contributed by atoms with Crippen molar-refractivity contribution in [3.05, 3.63) is 48.6 Å². The SMILES string of the molecule is CCCC/C=C\CCCCCCCC(=O)OC(/C=C\CCCCCCCCCCCC)C(COP(=O)([O-])OCC[N+](C)(C)C)NC(=O)CCCCCCCCC/C=C\C/C=C\CCCCC. The van der Waals surface area contributed by atoms with Gasteiger partial charge in [-0.2, -0.15) is 0 Å². The molecule has 0 rings (SSSR count). The van der Waals surface area contributed by atoms with Gasteiger partial charge in [-0.3, -0.25) is 14.2 Å². The number of phosphoric acid groups is 1. The van der Waals surface area contributed by atoms with Crippen molar-refractivity contribution in [2.45, 2.75) is 258 Å². The molecule has 0 spiro atoms. The minimum atomic E-state index is -4.69. The molecule has 0 heterocycles. The molecule has 10 heteroatoms. The number of rotatable bonds is 49. The summed E-state index contributed by atoms with van der Waals surface area (Å²) < 4.78 is 30.1. The zero-order valence-electron chi connectivity index (χ0n) is 43.9. The van der Waals surface area contributed by atoms with Gasteiger partial charge in [-0.05, 0) is 83.1 Å². The maximum absolute atomic E-state index is 13.4. The molecular formula is C56H105N2O7P. The Kier molecular flexibility index (Phi) is 45.3. The molecule has 66 heavy (non-hydrogen) atoms. The van der Waals surface area contributed by atoms with E-state index in [1.165, 1.54) is 109 Å². The fourth-order valence-corrected chi connectivity index (χ4v) is 8.37. The Bertz CT molecular complexity index is 1280. The standard InChI is InChI=1S/C56H105N2O7P/c1-7-10-13-16-19-22-25-27-28-29-30-31-34-36-39-42-45-48-55(59)57-53(52-64-66(61,62)63-51-50-58(4,5)6)54(47-44-41-38-35-33-26-23-20-17-14-11-8-2)65-56(60)49-46-43-40-37-32-24-21-18-15-12-9-3/h18-19,21-22,27-28,44,47,53-54H,7-17,20,23-26,29-43,45-46,48-52H2,1-6H3,(H-,57,59,61,62)/b21-18-,22-19-,28-27-,47-44-. The third-order valence-electron chi connectivity index (χ3n) is 12.0. The van der Waals surface area contributed by atoms with E-state index in [0.29, 0.717) is 17.4 Å². The Morgan fingerprint density at radius 1 is 0.530 bits per heavy atom. The van der Waals surface area contributed by atoms with Crippen LogP contribution < -0.4 is 10.2 Å². The molecule has 0 fully saturated rings. The first kappa shape index (κ1) is 64.0. The molecule has 0 aromatic heterocycles. The highest BCUT2D eigenvalue weighted by atomic mass is 31.2. The summed E-state index contributed by atoms with van der Waals surface area (Å²) >= 11 is 0. The molecular weight excluding hydrogens is 844 g/mol. The molecule has 0 saturated carbocycles. The number of nitrogens with one attached hydrogen (secondary N) is 1. The van der Waals surface area contributed by atoms with Gasteiger partial charge in [-0.25, -0.2) is 0 Å². The molecule has 0 radical (unpaired) electrons. The Hall–Kier alpha value is -2.03. The number of carbonyl (C=O) groups excluding carboxylic acids is 2. The van der Waals surface area contributed by atoms with Crippen LogP contribution in [0.15, 0.2) is 48.6 Å². The quantitative estimate of drug-likeness (QED) is 0.0212. The Morgan fingerprint density at radius 3 is 1.45 bits per heavy atom. The monoisotopic (exact) mass is 949 g/mol. The number of hydrogen-bond donors (Lipinski definition) is 1. The van der Waals surface area contributed by atoms with Gasteiger partial charge < -0.3 is 28.5 Å². The van der Waals surface area contributed by atoms with E-state index in [-0.39, 0.29) is 24.9 Å². The molecule has 386 valence electrons. The van der Waals surface area contributed by atoms with Crippen LogP contribution in [0.5, 0.6) is 0 Å². The maximum Gasteiger partial charge on any atom is 0.306 e. The van der Waals surface area contributed by atoms with Crippen LogP contribution in [0.3, 0.4) is 0 Å². The number of unbranched alkanes of at least 4 members (excludes halogenated alkanes) is 27. The van der Waals surface area contributed by atoms with Gasteiger partial charge in [0.25, 0.3) is 7.82 Å². The van der Waals surface area contributed by atoms with E-state index in [1.54, 1.807) is 0 Å². The van der Waals surface area contributed by atoms with Crippen molar-refractivity contribution in [1.82, 2.24) is 5.32 Å². The van der Waals surface area contributed by atoms with Gasteiger partial charge >= 0.3 is 5.97 Å². The van der Waals surface area contributed by atoms with Crippen LogP contribution in [0, 0.1) is 0 Å². The van der Waals surface area contributed by atoms with Crippen LogP contribution in [-0.4, -0.2) is 69.4 Å². The lowest BCUT2D eigenvalue weighted by Gasteiger charge is -2.30. The van der Waals surface area contributed by atoms with Crippen molar-refractivity contribution in [2.24, 2.45) is 0 Å². The summed E-state index contributed by atoms with van der Waals surface area (Å²) in [6.07, 6.45) is 55.0. The van der Waals surface area contributed by atoms with Gasteiger partial charge in [-0.1, -0.05) is 198 Å². The van der Waals surface area contributed by atoms with Crippen molar-refractivity contribution < 1.29 is 37.3 Å². The highest BCUT2D eigenvalue weighted by Crippen LogP contribution is 2.38. The van der Waals surface area contributed by atoms with E-state index in [0.717, 1.165) is 103 Å². The smallest absolute Gasteiger partial charge is 0.306 e. The molecule has 0 aromatic rings. The molecule has 0 aliphatic carbocycles. The highest BCUT2D eigenvalue weighted by molar-refractivity contribution is 7.45. The summed E-state index contributed by atoms with van der Waals surface area (Å²) in [5.74, 6) is -0.560. The van der Waals surface area contributed by atoms with Gasteiger partial charge in [-0.15, -0.1) is 0 Å². The number of quaternary nitrogens is 1. The van der Waals surface area contributed by atoms with Crippen molar-refractivity contribution in [1.29, 1.82) is 0 Å². The van der Waals surface area contributed by atoms with Crippen LogP contribution in [0.25, 0.3) is 0 Å². The van der Waals surface area contributed by atoms with Crippen LogP contribution in [0.4, 0.5) is 0 Å². The number of esters is 1. The molecule has 1 N–H and O–H groups in total. The number of allylic oxidation sites excluding steroid dienone is 7. The molecule has 0 aliphatic heterocycles. The lowest BCUT2D eigenvalue weighted by Crippen LogP contribution is -2.47. The first-order chi connectivity index (χ1) is 31.9. The van der Waals surface area contributed by atoms with Crippen molar-refractivity contribution in [2.75, 3.05) is 40.9 Å². The minimum Gasteiger partial charge on any atom is -0.756 e. The third-order valence-corrected chi connectivity index (χ3v) is 12.9. The van der Waals surface area contributed by atoms with Crippen LogP contribution in [-0.2, 0) is 27.9 Å². The van der Waals surface area contributed by atoms with E-state index in [4.69, 9.17) is 13.8 Å². The number of carbonyl (C=O) groups is 2. The zero-order chi connectivity index (χ0) is 48.7. The third kappa shape index (κ3) is 47.1. The fraction of sp³-hybridized carbons (Fsp3) is 0.821. The number of likely N-dealkylation sites (N-methyl/N-ethyl adjacent to an activating group) is 1. The maximum atomic E-state index is 13.4. The second-order valence-corrected chi connectivity index (χ2v) is 21.1. The topological polar surface area (TPSA) is 114 Å². The number of ether oxygens (including phenoxy) is 1. The lowest BCUT2D eigenvalue weighted by molar-refractivity contribution is -0.870. The molecule has 1 amide bonds. The molecule has 0 bridgehead atoms. The normalized spacial score (nSPS) is 14.2. The minimum absolute atomic E-state index is 0.0255. The van der Waals surface area contributed by atoms with Gasteiger partial charge in [0.15, 0.2) is 0 Å². The van der Waals surface area contributed by atoms with Crippen LogP contribution in [0.1, 0.15) is 245 Å². The number of amides is 1. The Balaban J connectivity index is 5.37. The number of nitrogens with zero attached hydrogens (tertiary/aromatic N) is 1. The van der Waals surface area contributed by atoms with Crippen molar-refractivity contribution in [3.63, 3.8) is 0 Å². The van der Waals surface area contributed by atoms with Gasteiger partial charge in [0.2, 0.25) is 5.91 Å². The zero-order valence-corrected chi connectivity index (χ0v) is 44.8. The summed E-state index contributed by atoms with van der Waals surface area (Å²) in [5, 5.41) is 3.01. The predicted octanol–water partition coefficient (Wildman–Crippen LogP) is 15.5. The Labute approximate surface area is 408 Å². The van der Waals surface area contributed by atoms with E-state index in [9.17, 15) is 19.0 Å². The summed E-state index contributed by atoms with van der Waals surface area (Å²) in [6.45, 7) is 6.76. The largest absolute Gasteiger partial charge is 0.756 e. The molecule has 3 unspecified atom stereocenters. The second kappa shape index (κ2) is 46.7. The first-order valence-corrected chi connectivity index (χ1v) is 28.9. The van der Waals surface area contributed by atoms with Gasteiger partial charge in [0.05, 0.1) is 33.8 Å². The van der Waals surface area contributed by atoms with E-state index in [2.05, 4.69) is 62.5 Å². The molecule has 0 aliphatic rings. The summed E-state index contributed by atoms with van der Waals surface area (Å²) in [6, 6.07) is -0.893. The van der Waals surface area contributed by atoms with E-state index < -0.39 is 26.6 Å². The Morgan fingerprint density at radius 2 is 0.939 bits per heavy atom.